The summed E-state index contributed by atoms with van der Waals surface area (Å²) < 4.78 is 26.2. The van der Waals surface area contributed by atoms with Crippen LogP contribution in [0.2, 0.25) is 0 Å². The first-order valence-electron chi connectivity index (χ1n) is 7.82. The van der Waals surface area contributed by atoms with Crippen LogP contribution in [0.4, 0.5) is 0 Å². The topological polar surface area (TPSA) is 70.6 Å². The Kier molecular flexibility index (Phi) is 5.59. The third kappa shape index (κ3) is 4.05. The molecule has 7 heteroatoms. The van der Waals surface area contributed by atoms with Crippen molar-refractivity contribution in [3.63, 3.8) is 0 Å². The molecule has 0 fully saturated rings. The zero-order valence-corrected chi connectivity index (χ0v) is 16.0. The van der Waals surface area contributed by atoms with Crippen molar-refractivity contribution < 1.29 is 13.2 Å². The lowest BCUT2D eigenvalue weighted by molar-refractivity contribution is 0.0784. The van der Waals surface area contributed by atoms with Crippen molar-refractivity contribution in [2.24, 2.45) is 0 Å². The second kappa shape index (κ2) is 7.33. The van der Waals surface area contributed by atoms with Crippen LogP contribution in [-0.2, 0) is 16.6 Å². The maximum atomic E-state index is 12.8. The summed E-state index contributed by atoms with van der Waals surface area (Å²) in [6.45, 7) is 3.95. The molecule has 0 aliphatic rings. The molecule has 0 radical (unpaired) electrons. The third-order valence-corrected chi connectivity index (χ3v) is 6.06. The quantitative estimate of drug-likeness (QED) is 0.819. The number of pyridine rings is 1. The highest BCUT2D eigenvalue weighted by Crippen LogP contribution is 2.24. The Morgan fingerprint density at radius 1 is 1.16 bits per heavy atom. The Labute approximate surface area is 149 Å². The van der Waals surface area contributed by atoms with Crippen LogP contribution >= 0.6 is 0 Å². The summed E-state index contributed by atoms with van der Waals surface area (Å²) in [7, 11) is 1.03. The number of nitrogens with zero attached hydrogens (tertiary/aromatic N) is 3. The number of sulfonamides is 1. The monoisotopic (exact) mass is 361 g/mol. The van der Waals surface area contributed by atoms with Crippen molar-refractivity contribution in [1.82, 2.24) is 14.2 Å². The number of hydrogen-bond donors (Lipinski definition) is 0. The van der Waals surface area contributed by atoms with Gasteiger partial charge in [-0.2, -0.15) is 0 Å². The first-order valence-corrected chi connectivity index (χ1v) is 9.26. The number of rotatable bonds is 5. The van der Waals surface area contributed by atoms with Crippen LogP contribution in [0.25, 0.3) is 0 Å². The first kappa shape index (κ1) is 19.1. The summed E-state index contributed by atoms with van der Waals surface area (Å²) in [5.41, 5.74) is 2.68. The SMILES string of the molecule is Cc1cc(C(=O)N(C)Cc2cccnc2)cc(S(=O)(=O)N(C)C)c1C. The number of aromatic nitrogens is 1. The van der Waals surface area contributed by atoms with Gasteiger partial charge in [0.2, 0.25) is 10.0 Å². The Bertz CT molecular complexity index is 878. The fourth-order valence-electron chi connectivity index (χ4n) is 2.47. The Balaban J connectivity index is 2.39. The van der Waals surface area contributed by atoms with Crippen molar-refractivity contribution in [2.75, 3.05) is 21.1 Å². The van der Waals surface area contributed by atoms with E-state index in [9.17, 15) is 13.2 Å². The van der Waals surface area contributed by atoms with E-state index in [1.54, 1.807) is 37.3 Å². The van der Waals surface area contributed by atoms with Gasteiger partial charge < -0.3 is 4.90 Å². The van der Waals surface area contributed by atoms with Crippen LogP contribution < -0.4 is 0 Å². The molecular weight excluding hydrogens is 338 g/mol. The van der Waals surface area contributed by atoms with Gasteiger partial charge in [0.1, 0.15) is 0 Å². The van der Waals surface area contributed by atoms with E-state index in [-0.39, 0.29) is 10.8 Å². The fraction of sp³-hybridized carbons (Fsp3) is 0.333. The lowest BCUT2D eigenvalue weighted by atomic mass is 10.1. The number of carbonyl (C=O) groups excluding carboxylic acids is 1. The maximum Gasteiger partial charge on any atom is 0.253 e. The maximum absolute atomic E-state index is 12.8. The minimum absolute atomic E-state index is 0.163. The Hall–Kier alpha value is -2.25. The van der Waals surface area contributed by atoms with Crippen molar-refractivity contribution in [2.45, 2.75) is 25.3 Å². The number of carbonyl (C=O) groups is 1. The van der Waals surface area contributed by atoms with Crippen LogP contribution in [-0.4, -0.2) is 49.7 Å². The summed E-state index contributed by atoms with van der Waals surface area (Å²) in [6, 6.07) is 6.89. The highest BCUT2D eigenvalue weighted by atomic mass is 32.2. The van der Waals surface area contributed by atoms with E-state index in [0.29, 0.717) is 17.7 Å². The Morgan fingerprint density at radius 3 is 2.40 bits per heavy atom. The normalized spacial score (nSPS) is 11.6. The molecular formula is C18H23N3O3S. The second-order valence-electron chi connectivity index (χ2n) is 6.23. The van der Waals surface area contributed by atoms with Crippen LogP contribution in [0.1, 0.15) is 27.0 Å². The van der Waals surface area contributed by atoms with Gasteiger partial charge >= 0.3 is 0 Å². The van der Waals surface area contributed by atoms with Crippen molar-refractivity contribution in [3.8, 4) is 0 Å². The van der Waals surface area contributed by atoms with Gasteiger partial charge in [0.05, 0.1) is 4.90 Å². The molecule has 25 heavy (non-hydrogen) atoms. The summed E-state index contributed by atoms with van der Waals surface area (Å²) in [5.74, 6) is -0.234. The van der Waals surface area contributed by atoms with Crippen LogP contribution in [0.15, 0.2) is 41.6 Å². The van der Waals surface area contributed by atoms with Crippen molar-refractivity contribution in [3.05, 3.63) is 58.9 Å². The number of hydrogen-bond acceptors (Lipinski definition) is 4. The lowest BCUT2D eigenvalue weighted by Crippen LogP contribution is -2.28. The van der Waals surface area contributed by atoms with Crippen molar-refractivity contribution in [1.29, 1.82) is 0 Å². The van der Waals surface area contributed by atoms with Gasteiger partial charge in [-0.1, -0.05) is 6.07 Å². The van der Waals surface area contributed by atoms with E-state index in [0.717, 1.165) is 15.4 Å². The summed E-state index contributed by atoms with van der Waals surface area (Å²) in [6.07, 6.45) is 3.37. The van der Waals surface area contributed by atoms with E-state index in [2.05, 4.69) is 4.98 Å². The number of aryl methyl sites for hydroxylation is 1. The lowest BCUT2D eigenvalue weighted by Gasteiger charge is -2.20. The summed E-state index contributed by atoms with van der Waals surface area (Å²) in [5, 5.41) is 0. The van der Waals surface area contributed by atoms with Crippen molar-refractivity contribution >= 4 is 15.9 Å². The predicted molar refractivity (Wildman–Crippen MR) is 96.8 cm³/mol. The van der Waals surface area contributed by atoms with Crippen LogP contribution in [0.5, 0.6) is 0 Å². The predicted octanol–water partition coefficient (Wildman–Crippen LogP) is 2.22. The van der Waals surface area contributed by atoms with E-state index in [4.69, 9.17) is 0 Å². The molecule has 0 unspecified atom stereocenters. The van der Waals surface area contributed by atoms with Gasteiger partial charge in [0.15, 0.2) is 0 Å². The average molecular weight is 361 g/mol. The highest BCUT2D eigenvalue weighted by Gasteiger charge is 2.24. The van der Waals surface area contributed by atoms with Crippen LogP contribution in [0.3, 0.4) is 0 Å². The molecule has 0 aliphatic carbocycles. The molecule has 1 amide bonds. The molecule has 1 aromatic carbocycles. The number of amides is 1. The summed E-state index contributed by atoms with van der Waals surface area (Å²) in [4.78, 5) is 18.5. The molecule has 0 atom stereocenters. The molecule has 0 N–H and O–H groups in total. The summed E-state index contributed by atoms with van der Waals surface area (Å²) >= 11 is 0. The molecule has 0 spiro atoms. The van der Waals surface area contributed by atoms with E-state index >= 15 is 0 Å². The molecule has 0 saturated heterocycles. The van der Waals surface area contributed by atoms with E-state index < -0.39 is 10.0 Å². The molecule has 6 nitrogen and oxygen atoms in total. The van der Waals surface area contributed by atoms with Gasteiger partial charge in [-0.15, -0.1) is 0 Å². The highest BCUT2D eigenvalue weighted by molar-refractivity contribution is 7.89. The largest absolute Gasteiger partial charge is 0.337 e. The van der Waals surface area contributed by atoms with Gasteiger partial charge in [-0.3, -0.25) is 9.78 Å². The molecule has 2 aromatic rings. The molecule has 0 bridgehead atoms. The number of benzene rings is 1. The smallest absolute Gasteiger partial charge is 0.253 e. The molecule has 2 rings (SSSR count). The molecule has 134 valence electrons. The van der Waals surface area contributed by atoms with Gasteiger partial charge in [0.25, 0.3) is 5.91 Å². The zero-order valence-electron chi connectivity index (χ0n) is 15.1. The average Bonchev–Trinajstić information content (AvgIpc) is 2.57. The van der Waals surface area contributed by atoms with Crippen LogP contribution in [0, 0.1) is 13.8 Å². The van der Waals surface area contributed by atoms with Gasteiger partial charge in [-0.05, 0) is 48.7 Å². The molecule has 1 heterocycles. The minimum Gasteiger partial charge on any atom is -0.337 e. The second-order valence-corrected chi connectivity index (χ2v) is 8.35. The molecule has 0 aliphatic heterocycles. The molecule has 1 aromatic heterocycles. The first-order chi connectivity index (χ1) is 11.6. The third-order valence-electron chi connectivity index (χ3n) is 4.11. The van der Waals surface area contributed by atoms with E-state index in [1.165, 1.54) is 20.2 Å². The van der Waals surface area contributed by atoms with Gasteiger partial charge in [-0.25, -0.2) is 12.7 Å². The zero-order chi connectivity index (χ0) is 18.8. The Morgan fingerprint density at radius 2 is 1.84 bits per heavy atom. The molecule has 0 saturated carbocycles. The van der Waals surface area contributed by atoms with E-state index in [1.807, 2.05) is 19.1 Å². The standard InChI is InChI=1S/C18H23N3O3S/c1-13-9-16(10-17(14(13)2)25(23,24)20(3)4)18(22)21(5)12-15-7-6-8-19-11-15/h6-11H,12H2,1-5H3. The minimum atomic E-state index is -3.62. The van der Waals surface area contributed by atoms with Gasteiger partial charge in [0, 0.05) is 45.6 Å². The fourth-order valence-corrected chi connectivity index (χ4v) is 3.69.